The Morgan fingerprint density at radius 3 is 1.86 bits per heavy atom. The molecule has 0 saturated carbocycles. The monoisotopic (exact) mass is 637 g/mol. The smallest absolute Gasteiger partial charge is 0.0716 e. The average Bonchev–Trinajstić information content (AvgIpc) is 3.74. The molecular formula is C47H31N3. The van der Waals surface area contributed by atoms with Gasteiger partial charge in [0.15, 0.2) is 0 Å². The highest BCUT2D eigenvalue weighted by Gasteiger charge is 2.16. The molecule has 10 aromatic rings. The predicted molar refractivity (Wildman–Crippen MR) is 210 cm³/mol. The van der Waals surface area contributed by atoms with E-state index >= 15 is 0 Å². The fraction of sp³-hybridized carbons (Fsp3) is 0. The molecule has 0 atom stereocenters. The van der Waals surface area contributed by atoms with Crippen LogP contribution in [0.5, 0.6) is 0 Å². The highest BCUT2D eigenvalue weighted by Crippen LogP contribution is 2.39. The number of para-hydroxylation sites is 3. The van der Waals surface area contributed by atoms with Crippen LogP contribution in [0.1, 0.15) is 0 Å². The molecule has 0 spiro atoms. The molecule has 3 nitrogen and oxygen atoms in total. The summed E-state index contributed by atoms with van der Waals surface area (Å²) in [6.45, 7) is 0. The zero-order chi connectivity index (χ0) is 33.0. The van der Waals surface area contributed by atoms with Crippen LogP contribution in [0.4, 0.5) is 0 Å². The molecule has 0 bridgehead atoms. The Morgan fingerprint density at radius 2 is 1.02 bits per heavy atom. The lowest BCUT2D eigenvalue weighted by atomic mass is 9.99. The first-order chi connectivity index (χ1) is 24.8. The summed E-state index contributed by atoms with van der Waals surface area (Å²) >= 11 is 0. The van der Waals surface area contributed by atoms with Gasteiger partial charge < -0.3 is 9.55 Å². The molecule has 3 heteroatoms. The van der Waals surface area contributed by atoms with Crippen LogP contribution in [0.25, 0.3) is 94.1 Å². The SMILES string of the molecule is c1ccc(-c2cc(-c3ccccc3)nc(-c3cccc(-n4c5ccccc5c5ccc(-c6cccc7c6[nH]c6ccccc67)cc54)c3)c2)cc1. The lowest BCUT2D eigenvalue weighted by molar-refractivity contribution is 1.18. The molecule has 0 fully saturated rings. The van der Waals surface area contributed by atoms with E-state index in [0.29, 0.717) is 0 Å². The van der Waals surface area contributed by atoms with Crippen molar-refractivity contribution in [3.05, 3.63) is 182 Å². The minimum atomic E-state index is 0.944. The highest BCUT2D eigenvalue weighted by molar-refractivity contribution is 6.14. The fourth-order valence-electron chi connectivity index (χ4n) is 7.57. The lowest BCUT2D eigenvalue weighted by Gasteiger charge is -2.13. The highest BCUT2D eigenvalue weighted by atomic mass is 15.0. The van der Waals surface area contributed by atoms with E-state index in [2.05, 4.69) is 185 Å². The minimum Gasteiger partial charge on any atom is -0.354 e. The normalized spacial score (nSPS) is 11.6. The largest absolute Gasteiger partial charge is 0.354 e. The van der Waals surface area contributed by atoms with Crippen molar-refractivity contribution in [2.45, 2.75) is 0 Å². The zero-order valence-corrected chi connectivity index (χ0v) is 27.2. The minimum absolute atomic E-state index is 0.944. The van der Waals surface area contributed by atoms with Crippen LogP contribution in [0.2, 0.25) is 0 Å². The molecule has 0 amide bonds. The number of fused-ring (bicyclic) bond motifs is 6. The van der Waals surface area contributed by atoms with Crippen LogP contribution in [0, 0.1) is 0 Å². The summed E-state index contributed by atoms with van der Waals surface area (Å²) in [5, 5.41) is 4.95. The summed E-state index contributed by atoms with van der Waals surface area (Å²) in [6, 6.07) is 65.0. The Bertz CT molecular complexity index is 2800. The molecule has 0 aliphatic rings. The molecule has 0 radical (unpaired) electrons. The maximum Gasteiger partial charge on any atom is 0.0716 e. The van der Waals surface area contributed by atoms with Crippen LogP contribution >= 0.6 is 0 Å². The third kappa shape index (κ3) is 4.63. The van der Waals surface area contributed by atoms with Crippen LogP contribution in [-0.2, 0) is 0 Å². The molecular weight excluding hydrogens is 607 g/mol. The first kappa shape index (κ1) is 28.3. The van der Waals surface area contributed by atoms with E-state index in [9.17, 15) is 0 Å². The number of nitrogens with zero attached hydrogens (tertiary/aromatic N) is 2. The van der Waals surface area contributed by atoms with Crippen molar-refractivity contribution in [2.24, 2.45) is 0 Å². The van der Waals surface area contributed by atoms with Crippen molar-refractivity contribution in [1.82, 2.24) is 14.5 Å². The van der Waals surface area contributed by atoms with Gasteiger partial charge in [0.1, 0.15) is 0 Å². The second-order valence-corrected chi connectivity index (χ2v) is 12.9. The molecule has 3 aromatic heterocycles. The molecule has 50 heavy (non-hydrogen) atoms. The Balaban J connectivity index is 1.17. The summed E-state index contributed by atoms with van der Waals surface area (Å²) in [5.74, 6) is 0. The first-order valence-corrected chi connectivity index (χ1v) is 17.1. The number of aromatic amines is 1. The van der Waals surface area contributed by atoms with Gasteiger partial charge in [-0.15, -0.1) is 0 Å². The molecule has 0 saturated heterocycles. The van der Waals surface area contributed by atoms with Gasteiger partial charge in [-0.05, 0) is 59.2 Å². The maximum absolute atomic E-state index is 5.23. The summed E-state index contributed by atoms with van der Waals surface area (Å²) < 4.78 is 2.40. The number of pyridine rings is 1. The molecule has 1 N–H and O–H groups in total. The van der Waals surface area contributed by atoms with Crippen LogP contribution in [-0.4, -0.2) is 14.5 Å². The van der Waals surface area contributed by atoms with Gasteiger partial charge in [-0.3, -0.25) is 0 Å². The van der Waals surface area contributed by atoms with Crippen molar-refractivity contribution in [3.63, 3.8) is 0 Å². The number of hydrogen-bond donors (Lipinski definition) is 1. The quantitative estimate of drug-likeness (QED) is 0.200. The number of nitrogens with one attached hydrogen (secondary N) is 1. The number of H-pyrrole nitrogens is 1. The Morgan fingerprint density at radius 1 is 0.380 bits per heavy atom. The maximum atomic E-state index is 5.23. The first-order valence-electron chi connectivity index (χ1n) is 17.1. The van der Waals surface area contributed by atoms with E-state index in [1.165, 1.54) is 49.3 Å². The van der Waals surface area contributed by atoms with E-state index in [0.717, 1.165) is 44.8 Å². The summed E-state index contributed by atoms with van der Waals surface area (Å²) in [5.41, 5.74) is 14.5. The second-order valence-electron chi connectivity index (χ2n) is 12.9. The van der Waals surface area contributed by atoms with E-state index in [1.807, 2.05) is 6.07 Å². The van der Waals surface area contributed by atoms with Crippen molar-refractivity contribution >= 4 is 43.6 Å². The van der Waals surface area contributed by atoms with E-state index in [1.54, 1.807) is 0 Å². The Labute approximate surface area is 289 Å². The van der Waals surface area contributed by atoms with Gasteiger partial charge in [-0.25, -0.2) is 4.98 Å². The van der Waals surface area contributed by atoms with Crippen molar-refractivity contribution in [1.29, 1.82) is 0 Å². The van der Waals surface area contributed by atoms with Crippen molar-refractivity contribution in [3.8, 4) is 50.5 Å². The van der Waals surface area contributed by atoms with Gasteiger partial charge in [0.2, 0.25) is 0 Å². The van der Waals surface area contributed by atoms with E-state index in [-0.39, 0.29) is 0 Å². The number of benzene rings is 7. The summed E-state index contributed by atoms with van der Waals surface area (Å²) in [6.07, 6.45) is 0. The van der Waals surface area contributed by atoms with Crippen molar-refractivity contribution < 1.29 is 0 Å². The van der Waals surface area contributed by atoms with Gasteiger partial charge >= 0.3 is 0 Å². The van der Waals surface area contributed by atoms with Crippen LogP contribution in [0.15, 0.2) is 182 Å². The molecule has 0 aliphatic carbocycles. The third-order valence-corrected chi connectivity index (χ3v) is 9.93. The predicted octanol–water partition coefficient (Wildman–Crippen LogP) is 12.5. The second kappa shape index (κ2) is 11.5. The van der Waals surface area contributed by atoms with E-state index in [4.69, 9.17) is 4.98 Å². The Kier molecular flexibility index (Phi) is 6.49. The zero-order valence-electron chi connectivity index (χ0n) is 27.2. The van der Waals surface area contributed by atoms with Gasteiger partial charge in [-0.1, -0.05) is 140 Å². The fourth-order valence-corrected chi connectivity index (χ4v) is 7.57. The van der Waals surface area contributed by atoms with Gasteiger partial charge in [-0.2, -0.15) is 0 Å². The average molecular weight is 638 g/mol. The molecule has 0 unspecified atom stereocenters. The Hall–Kier alpha value is -6.71. The number of rotatable bonds is 5. The molecule has 234 valence electrons. The van der Waals surface area contributed by atoms with Crippen LogP contribution in [0.3, 0.4) is 0 Å². The lowest BCUT2D eigenvalue weighted by Crippen LogP contribution is -1.96. The summed E-state index contributed by atoms with van der Waals surface area (Å²) in [7, 11) is 0. The third-order valence-electron chi connectivity index (χ3n) is 9.93. The molecule has 10 rings (SSSR count). The topological polar surface area (TPSA) is 33.6 Å². The van der Waals surface area contributed by atoms with Crippen molar-refractivity contribution in [2.75, 3.05) is 0 Å². The summed E-state index contributed by atoms with van der Waals surface area (Å²) in [4.78, 5) is 8.94. The van der Waals surface area contributed by atoms with Gasteiger partial charge in [0.05, 0.1) is 27.9 Å². The van der Waals surface area contributed by atoms with E-state index < -0.39 is 0 Å². The molecule has 0 aliphatic heterocycles. The standard InChI is InChI=1S/C47H31N3/c1-3-13-31(14-4-1)35-28-43(32-15-5-2-6-16-32)48-44(29-35)34-17-11-18-36(27-34)50-45-24-10-8-20-39(45)40-26-25-33(30-46(40)50)37-21-12-22-41-38-19-7-9-23-42(38)49-47(37)41/h1-30,49H. The number of hydrogen-bond acceptors (Lipinski definition) is 1. The molecule has 7 aromatic carbocycles. The van der Waals surface area contributed by atoms with Gasteiger partial charge in [0.25, 0.3) is 0 Å². The molecule has 3 heterocycles. The van der Waals surface area contributed by atoms with Gasteiger partial charge in [0, 0.05) is 49.4 Å². The number of aromatic nitrogens is 3. The van der Waals surface area contributed by atoms with Crippen LogP contribution < -0.4 is 0 Å².